The van der Waals surface area contributed by atoms with E-state index in [4.69, 9.17) is 14.2 Å². The zero-order chi connectivity index (χ0) is 14.1. The second-order valence-electron chi connectivity index (χ2n) is 4.28. The smallest absolute Gasteiger partial charge is 0.324 e. The first-order valence-electron chi connectivity index (χ1n) is 6.40. The number of nitrogens with one attached hydrogen (secondary N) is 1. The van der Waals surface area contributed by atoms with E-state index >= 15 is 0 Å². The van der Waals surface area contributed by atoms with E-state index in [9.17, 15) is 0 Å². The number of methoxy groups -OCH3 is 1. The van der Waals surface area contributed by atoms with Crippen molar-refractivity contribution in [2.75, 3.05) is 38.8 Å². The van der Waals surface area contributed by atoms with E-state index in [0.29, 0.717) is 38.2 Å². The molecule has 0 aliphatic heterocycles. The SMILES string of the molecule is CCNc1nc(OC)nc(OCCOCC(C)C)n1. The summed E-state index contributed by atoms with van der Waals surface area (Å²) in [5, 5.41) is 2.99. The molecule has 1 aromatic rings. The Bertz CT molecular complexity index is 374. The van der Waals surface area contributed by atoms with E-state index in [0.717, 1.165) is 0 Å². The van der Waals surface area contributed by atoms with E-state index in [1.807, 2.05) is 6.92 Å². The van der Waals surface area contributed by atoms with Crippen molar-refractivity contribution in [3.63, 3.8) is 0 Å². The number of rotatable bonds is 9. The third-order valence-electron chi connectivity index (χ3n) is 2.02. The summed E-state index contributed by atoms with van der Waals surface area (Å²) >= 11 is 0. The van der Waals surface area contributed by atoms with Crippen LogP contribution < -0.4 is 14.8 Å². The predicted molar refractivity (Wildman–Crippen MR) is 71.7 cm³/mol. The highest BCUT2D eigenvalue weighted by Crippen LogP contribution is 2.12. The highest BCUT2D eigenvalue weighted by molar-refractivity contribution is 5.27. The maximum absolute atomic E-state index is 5.41. The van der Waals surface area contributed by atoms with Crippen LogP contribution in [-0.2, 0) is 4.74 Å². The van der Waals surface area contributed by atoms with Crippen LogP contribution in [0.3, 0.4) is 0 Å². The van der Waals surface area contributed by atoms with Gasteiger partial charge in [0, 0.05) is 13.2 Å². The first kappa shape index (κ1) is 15.4. The normalized spacial score (nSPS) is 10.6. The van der Waals surface area contributed by atoms with Gasteiger partial charge in [-0.05, 0) is 12.8 Å². The van der Waals surface area contributed by atoms with E-state index in [2.05, 4.69) is 34.1 Å². The van der Waals surface area contributed by atoms with Gasteiger partial charge in [-0.15, -0.1) is 4.98 Å². The standard InChI is InChI=1S/C12H22N4O3/c1-5-13-10-14-11(17-4)16-12(15-10)19-7-6-18-8-9(2)3/h9H,5-8H2,1-4H3,(H,13,14,15,16). The van der Waals surface area contributed by atoms with Crippen LogP contribution in [0.15, 0.2) is 0 Å². The Kier molecular flexibility index (Phi) is 6.88. The summed E-state index contributed by atoms with van der Waals surface area (Å²) < 4.78 is 15.8. The van der Waals surface area contributed by atoms with Crippen LogP contribution in [0.2, 0.25) is 0 Å². The van der Waals surface area contributed by atoms with Gasteiger partial charge in [-0.2, -0.15) is 9.97 Å². The summed E-state index contributed by atoms with van der Waals surface area (Å²) in [4.78, 5) is 12.2. The highest BCUT2D eigenvalue weighted by atomic mass is 16.5. The first-order valence-corrected chi connectivity index (χ1v) is 6.40. The zero-order valence-electron chi connectivity index (χ0n) is 12.0. The molecule has 0 bridgehead atoms. The molecule has 1 heterocycles. The maximum atomic E-state index is 5.41. The fraction of sp³-hybridized carbons (Fsp3) is 0.750. The monoisotopic (exact) mass is 270 g/mol. The van der Waals surface area contributed by atoms with Crippen LogP contribution in [0.5, 0.6) is 12.0 Å². The number of hydrogen-bond donors (Lipinski definition) is 1. The molecule has 0 unspecified atom stereocenters. The minimum Gasteiger partial charge on any atom is -0.467 e. The van der Waals surface area contributed by atoms with Crippen molar-refractivity contribution in [2.24, 2.45) is 5.92 Å². The molecular weight excluding hydrogens is 248 g/mol. The lowest BCUT2D eigenvalue weighted by Gasteiger charge is -2.09. The molecule has 0 radical (unpaired) electrons. The third-order valence-corrected chi connectivity index (χ3v) is 2.02. The molecule has 0 aliphatic carbocycles. The van der Waals surface area contributed by atoms with Gasteiger partial charge in [-0.25, -0.2) is 0 Å². The lowest BCUT2D eigenvalue weighted by Crippen LogP contribution is -2.13. The number of nitrogens with zero attached hydrogens (tertiary/aromatic N) is 3. The molecule has 0 saturated carbocycles. The zero-order valence-corrected chi connectivity index (χ0v) is 12.0. The summed E-state index contributed by atoms with van der Waals surface area (Å²) in [5.41, 5.74) is 0. The highest BCUT2D eigenvalue weighted by Gasteiger charge is 2.07. The van der Waals surface area contributed by atoms with Crippen LogP contribution in [-0.4, -0.2) is 48.4 Å². The fourth-order valence-corrected chi connectivity index (χ4v) is 1.24. The number of ether oxygens (including phenoxy) is 3. The molecule has 108 valence electrons. The van der Waals surface area contributed by atoms with Crippen molar-refractivity contribution >= 4 is 5.95 Å². The van der Waals surface area contributed by atoms with Crippen LogP contribution in [0.1, 0.15) is 20.8 Å². The van der Waals surface area contributed by atoms with Gasteiger partial charge in [0.25, 0.3) is 0 Å². The summed E-state index contributed by atoms with van der Waals surface area (Å²) in [5.74, 6) is 0.949. The molecule has 1 N–H and O–H groups in total. The number of hydrogen-bond acceptors (Lipinski definition) is 7. The molecule has 0 aromatic carbocycles. The molecular formula is C12H22N4O3. The second-order valence-corrected chi connectivity index (χ2v) is 4.28. The van der Waals surface area contributed by atoms with Crippen LogP contribution in [0.4, 0.5) is 5.95 Å². The largest absolute Gasteiger partial charge is 0.467 e. The Morgan fingerprint density at radius 3 is 2.47 bits per heavy atom. The van der Waals surface area contributed by atoms with Crippen molar-refractivity contribution in [3.05, 3.63) is 0 Å². The molecule has 1 rings (SSSR count). The number of aromatic nitrogens is 3. The first-order chi connectivity index (χ1) is 9.15. The average molecular weight is 270 g/mol. The van der Waals surface area contributed by atoms with Gasteiger partial charge in [0.05, 0.1) is 13.7 Å². The van der Waals surface area contributed by atoms with Gasteiger partial charge in [0.15, 0.2) is 0 Å². The molecule has 7 nitrogen and oxygen atoms in total. The van der Waals surface area contributed by atoms with Gasteiger partial charge in [-0.3, -0.25) is 0 Å². The van der Waals surface area contributed by atoms with E-state index in [1.54, 1.807) is 0 Å². The van der Waals surface area contributed by atoms with Gasteiger partial charge in [0.2, 0.25) is 5.95 Å². The van der Waals surface area contributed by atoms with Crippen molar-refractivity contribution in [1.29, 1.82) is 0 Å². The quantitative estimate of drug-likeness (QED) is 0.679. The Balaban J connectivity index is 2.45. The van der Waals surface area contributed by atoms with Crippen molar-refractivity contribution < 1.29 is 14.2 Å². The lowest BCUT2D eigenvalue weighted by molar-refractivity contribution is 0.0789. The molecule has 0 spiro atoms. The lowest BCUT2D eigenvalue weighted by atomic mass is 10.2. The molecule has 7 heteroatoms. The van der Waals surface area contributed by atoms with E-state index in [1.165, 1.54) is 7.11 Å². The van der Waals surface area contributed by atoms with E-state index in [-0.39, 0.29) is 12.0 Å². The molecule has 0 amide bonds. The minimum atomic E-state index is 0.226. The Morgan fingerprint density at radius 2 is 1.84 bits per heavy atom. The second kappa shape index (κ2) is 8.47. The average Bonchev–Trinajstić information content (AvgIpc) is 2.38. The molecule has 19 heavy (non-hydrogen) atoms. The molecule has 0 saturated heterocycles. The Hall–Kier alpha value is -1.63. The van der Waals surface area contributed by atoms with Crippen molar-refractivity contribution in [1.82, 2.24) is 15.0 Å². The topological polar surface area (TPSA) is 78.4 Å². The summed E-state index contributed by atoms with van der Waals surface area (Å²) in [7, 11) is 1.50. The summed E-state index contributed by atoms with van der Waals surface area (Å²) in [6, 6.07) is 0.458. The predicted octanol–water partition coefficient (Wildman–Crippen LogP) is 1.36. The summed E-state index contributed by atoms with van der Waals surface area (Å²) in [6.07, 6.45) is 0. The minimum absolute atomic E-state index is 0.226. The number of anilines is 1. The Labute approximate surface area is 113 Å². The molecule has 0 atom stereocenters. The molecule has 1 aromatic heterocycles. The van der Waals surface area contributed by atoms with Crippen molar-refractivity contribution in [2.45, 2.75) is 20.8 Å². The van der Waals surface area contributed by atoms with Gasteiger partial charge in [-0.1, -0.05) is 13.8 Å². The van der Waals surface area contributed by atoms with E-state index < -0.39 is 0 Å². The maximum Gasteiger partial charge on any atom is 0.324 e. The van der Waals surface area contributed by atoms with Gasteiger partial charge < -0.3 is 19.5 Å². The van der Waals surface area contributed by atoms with Gasteiger partial charge in [0.1, 0.15) is 6.61 Å². The summed E-state index contributed by atoms with van der Waals surface area (Å²) in [6.45, 7) is 8.47. The molecule has 0 fully saturated rings. The van der Waals surface area contributed by atoms with Crippen LogP contribution in [0, 0.1) is 5.92 Å². The van der Waals surface area contributed by atoms with Gasteiger partial charge >= 0.3 is 12.0 Å². The van der Waals surface area contributed by atoms with Crippen molar-refractivity contribution in [3.8, 4) is 12.0 Å². The fourth-order valence-electron chi connectivity index (χ4n) is 1.24. The van der Waals surface area contributed by atoms with Crippen LogP contribution in [0.25, 0.3) is 0 Å². The Morgan fingerprint density at radius 1 is 1.11 bits per heavy atom. The van der Waals surface area contributed by atoms with Crippen LogP contribution >= 0.6 is 0 Å². The molecule has 0 aliphatic rings. The third kappa shape index (κ3) is 6.19.